The Morgan fingerprint density at radius 3 is 3.17 bits per heavy atom. The van der Waals surface area contributed by atoms with E-state index < -0.39 is 0 Å². The van der Waals surface area contributed by atoms with Crippen molar-refractivity contribution in [3.63, 3.8) is 0 Å². The third-order valence-electron chi connectivity index (χ3n) is 2.52. The van der Waals surface area contributed by atoms with Crippen LogP contribution in [-0.4, -0.2) is 22.2 Å². The molecule has 0 radical (unpaired) electrons. The summed E-state index contributed by atoms with van der Waals surface area (Å²) in [5.74, 6) is 0.966. The molecule has 0 saturated heterocycles. The molecular formula is C11H12N4O2S. The average Bonchev–Trinajstić information content (AvgIpc) is 2.87. The van der Waals surface area contributed by atoms with Crippen molar-refractivity contribution in [3.05, 3.63) is 23.4 Å². The van der Waals surface area contributed by atoms with Gasteiger partial charge in [0.15, 0.2) is 0 Å². The third-order valence-corrected chi connectivity index (χ3v) is 3.39. The number of aromatic nitrogens is 2. The van der Waals surface area contributed by atoms with Gasteiger partial charge in [0.05, 0.1) is 11.4 Å². The van der Waals surface area contributed by atoms with Crippen molar-refractivity contribution >= 4 is 17.4 Å². The molecule has 6 nitrogen and oxygen atoms in total. The molecule has 1 aliphatic rings. The highest BCUT2D eigenvalue weighted by Crippen LogP contribution is 2.21. The molecular weight excluding hydrogens is 252 g/mol. The van der Waals surface area contributed by atoms with Crippen molar-refractivity contribution in [2.24, 2.45) is 0 Å². The number of carbonyl (C=O) groups excluding carboxylic acids is 1. The van der Waals surface area contributed by atoms with E-state index in [0.717, 1.165) is 17.7 Å². The fourth-order valence-corrected chi connectivity index (χ4v) is 2.10. The highest BCUT2D eigenvalue weighted by Gasteiger charge is 2.23. The van der Waals surface area contributed by atoms with Gasteiger partial charge in [0.25, 0.3) is 0 Å². The molecule has 1 saturated carbocycles. The fraction of sp³-hybridized carbons (Fsp3) is 0.364. The van der Waals surface area contributed by atoms with Gasteiger partial charge in [-0.25, -0.2) is 4.79 Å². The molecule has 3 rings (SSSR count). The molecule has 94 valence electrons. The normalized spacial score (nSPS) is 14.4. The van der Waals surface area contributed by atoms with Crippen molar-refractivity contribution in [2.75, 3.05) is 0 Å². The van der Waals surface area contributed by atoms with Crippen LogP contribution < -0.4 is 10.6 Å². The number of hydrogen-bond donors (Lipinski definition) is 2. The first-order valence-corrected chi connectivity index (χ1v) is 6.60. The van der Waals surface area contributed by atoms with E-state index in [1.165, 1.54) is 0 Å². The number of amides is 2. The van der Waals surface area contributed by atoms with E-state index in [4.69, 9.17) is 4.52 Å². The van der Waals surface area contributed by atoms with Crippen LogP contribution in [0.25, 0.3) is 10.7 Å². The van der Waals surface area contributed by atoms with Crippen molar-refractivity contribution < 1.29 is 9.32 Å². The quantitative estimate of drug-likeness (QED) is 0.881. The zero-order valence-corrected chi connectivity index (χ0v) is 10.4. The van der Waals surface area contributed by atoms with Crippen molar-refractivity contribution in [1.82, 2.24) is 20.8 Å². The minimum atomic E-state index is -0.187. The Hall–Kier alpha value is -1.89. The van der Waals surface area contributed by atoms with Gasteiger partial charge in [0.1, 0.15) is 0 Å². The lowest BCUT2D eigenvalue weighted by Crippen LogP contribution is -2.36. The number of thiophene rings is 1. The lowest BCUT2D eigenvalue weighted by atomic mass is 10.4. The summed E-state index contributed by atoms with van der Waals surface area (Å²) in [5, 5.41) is 11.3. The van der Waals surface area contributed by atoms with E-state index in [1.807, 2.05) is 17.5 Å². The van der Waals surface area contributed by atoms with Gasteiger partial charge in [-0.15, -0.1) is 11.3 Å². The predicted molar refractivity (Wildman–Crippen MR) is 66.0 cm³/mol. The fourth-order valence-electron chi connectivity index (χ4n) is 1.45. The highest BCUT2D eigenvalue weighted by atomic mass is 32.1. The van der Waals surface area contributed by atoms with Crippen LogP contribution in [0.3, 0.4) is 0 Å². The number of rotatable bonds is 4. The maximum Gasteiger partial charge on any atom is 0.315 e. The predicted octanol–water partition coefficient (Wildman–Crippen LogP) is 1.76. The minimum absolute atomic E-state index is 0.187. The van der Waals surface area contributed by atoms with Crippen LogP contribution in [-0.2, 0) is 6.54 Å². The Morgan fingerprint density at radius 1 is 1.56 bits per heavy atom. The van der Waals surface area contributed by atoms with E-state index >= 15 is 0 Å². The maximum absolute atomic E-state index is 11.4. The summed E-state index contributed by atoms with van der Waals surface area (Å²) in [6.45, 7) is 0.247. The molecule has 2 heterocycles. The molecule has 0 unspecified atom stereocenters. The number of nitrogens with zero attached hydrogens (tertiary/aromatic N) is 2. The molecule has 2 N–H and O–H groups in total. The molecule has 2 amide bonds. The lowest BCUT2D eigenvalue weighted by Gasteiger charge is -2.02. The van der Waals surface area contributed by atoms with Gasteiger partial charge in [0, 0.05) is 6.04 Å². The Bertz CT molecular complexity index is 533. The summed E-state index contributed by atoms with van der Waals surface area (Å²) in [6.07, 6.45) is 2.13. The second-order valence-corrected chi connectivity index (χ2v) is 5.04. The van der Waals surface area contributed by atoms with E-state index in [9.17, 15) is 4.79 Å². The molecule has 0 spiro atoms. The summed E-state index contributed by atoms with van der Waals surface area (Å²) in [6, 6.07) is 4.01. The Morgan fingerprint density at radius 2 is 2.44 bits per heavy atom. The molecule has 0 atom stereocenters. The van der Waals surface area contributed by atoms with Crippen LogP contribution in [0.1, 0.15) is 18.7 Å². The minimum Gasteiger partial charge on any atom is -0.337 e. The zero-order chi connectivity index (χ0) is 12.4. The van der Waals surface area contributed by atoms with E-state index in [1.54, 1.807) is 11.3 Å². The Labute approximate surface area is 107 Å². The molecule has 1 fully saturated rings. The molecule has 0 aliphatic heterocycles. The largest absolute Gasteiger partial charge is 0.337 e. The smallest absolute Gasteiger partial charge is 0.315 e. The van der Waals surface area contributed by atoms with Gasteiger partial charge >= 0.3 is 6.03 Å². The van der Waals surface area contributed by atoms with Crippen LogP contribution in [0, 0.1) is 0 Å². The first kappa shape index (κ1) is 11.2. The number of urea groups is 1. The number of nitrogens with one attached hydrogen (secondary N) is 2. The van der Waals surface area contributed by atoms with Gasteiger partial charge < -0.3 is 15.2 Å². The van der Waals surface area contributed by atoms with Crippen LogP contribution in [0.2, 0.25) is 0 Å². The maximum atomic E-state index is 11.4. The summed E-state index contributed by atoms with van der Waals surface area (Å²) >= 11 is 1.55. The van der Waals surface area contributed by atoms with E-state index in [-0.39, 0.29) is 12.6 Å². The highest BCUT2D eigenvalue weighted by molar-refractivity contribution is 7.13. The summed E-state index contributed by atoms with van der Waals surface area (Å²) < 4.78 is 5.06. The van der Waals surface area contributed by atoms with Gasteiger partial charge in [-0.2, -0.15) is 4.98 Å². The van der Waals surface area contributed by atoms with E-state index in [2.05, 4.69) is 20.8 Å². The SMILES string of the molecule is O=C(NCc1nc(-c2cccs2)no1)NC1CC1. The summed E-state index contributed by atoms with van der Waals surface area (Å²) in [7, 11) is 0. The molecule has 7 heteroatoms. The van der Waals surface area contributed by atoms with Crippen molar-refractivity contribution in [2.45, 2.75) is 25.4 Å². The third kappa shape index (κ3) is 2.67. The Kier molecular flexibility index (Phi) is 2.97. The second-order valence-electron chi connectivity index (χ2n) is 4.09. The van der Waals surface area contributed by atoms with Gasteiger partial charge in [-0.3, -0.25) is 0 Å². The molecule has 2 aromatic rings. The summed E-state index contributed by atoms with van der Waals surface area (Å²) in [4.78, 5) is 16.6. The first-order valence-electron chi connectivity index (χ1n) is 5.72. The topological polar surface area (TPSA) is 80.1 Å². The van der Waals surface area contributed by atoms with Crippen molar-refractivity contribution in [3.8, 4) is 10.7 Å². The first-order chi connectivity index (χ1) is 8.81. The summed E-state index contributed by atoms with van der Waals surface area (Å²) in [5.41, 5.74) is 0. The van der Waals surface area contributed by atoms with Crippen LogP contribution in [0.5, 0.6) is 0 Å². The van der Waals surface area contributed by atoms with Crippen LogP contribution in [0.4, 0.5) is 4.79 Å². The van der Waals surface area contributed by atoms with Crippen LogP contribution >= 0.6 is 11.3 Å². The van der Waals surface area contributed by atoms with Crippen molar-refractivity contribution in [1.29, 1.82) is 0 Å². The molecule has 0 bridgehead atoms. The monoisotopic (exact) mass is 264 g/mol. The molecule has 1 aliphatic carbocycles. The molecule has 18 heavy (non-hydrogen) atoms. The number of carbonyl (C=O) groups is 1. The zero-order valence-electron chi connectivity index (χ0n) is 9.55. The molecule has 0 aromatic carbocycles. The second kappa shape index (κ2) is 4.77. The standard InChI is InChI=1S/C11H12N4O2S/c16-11(13-7-3-4-7)12-6-9-14-10(15-17-9)8-2-1-5-18-8/h1-2,5,7H,3-4,6H2,(H2,12,13,16). The number of hydrogen-bond acceptors (Lipinski definition) is 5. The Balaban J connectivity index is 1.55. The van der Waals surface area contributed by atoms with E-state index in [0.29, 0.717) is 17.8 Å². The van der Waals surface area contributed by atoms with Gasteiger partial charge in [-0.05, 0) is 24.3 Å². The van der Waals surface area contributed by atoms with Gasteiger partial charge in [-0.1, -0.05) is 11.2 Å². The van der Waals surface area contributed by atoms with Gasteiger partial charge in [0.2, 0.25) is 11.7 Å². The average molecular weight is 264 g/mol. The lowest BCUT2D eigenvalue weighted by molar-refractivity contribution is 0.238. The molecule has 2 aromatic heterocycles. The van der Waals surface area contributed by atoms with Crippen LogP contribution in [0.15, 0.2) is 22.0 Å².